The van der Waals surface area contributed by atoms with Crippen LogP contribution in [0, 0.1) is 0 Å². The Morgan fingerprint density at radius 3 is 2.25 bits per heavy atom. The van der Waals surface area contributed by atoms with Crippen LogP contribution in [0.25, 0.3) is 0 Å². The van der Waals surface area contributed by atoms with Gasteiger partial charge in [-0.25, -0.2) is 9.59 Å². The summed E-state index contributed by atoms with van der Waals surface area (Å²) in [4.78, 5) is 51.4. The number of hydrogen-bond acceptors (Lipinski definition) is 8. The van der Waals surface area contributed by atoms with Crippen molar-refractivity contribution in [1.82, 2.24) is 10.6 Å². The normalized spacial score (nSPS) is 15.4. The van der Waals surface area contributed by atoms with Crippen molar-refractivity contribution in [2.24, 2.45) is 0 Å². The predicted octanol–water partition coefficient (Wildman–Crippen LogP) is 3.60. The Morgan fingerprint density at radius 2 is 1.64 bits per heavy atom. The van der Waals surface area contributed by atoms with Gasteiger partial charge in [-0.2, -0.15) is 0 Å². The van der Waals surface area contributed by atoms with Crippen molar-refractivity contribution < 1.29 is 28.7 Å². The second-order valence-electron chi connectivity index (χ2n) is 10.4. The Labute approximate surface area is 214 Å². The molecular weight excluding hydrogens is 482 g/mol. The number of rotatable bonds is 5. The first-order valence-electron chi connectivity index (χ1n) is 11.7. The topological polar surface area (TPSA) is 123 Å². The highest BCUT2D eigenvalue weighted by molar-refractivity contribution is 7.17. The average molecular weight is 516 g/mol. The molecule has 1 atom stereocenters. The smallest absolute Gasteiger partial charge is 0.397 e. The quantitative estimate of drug-likeness (QED) is 0.411. The average Bonchev–Trinajstić information content (AvgIpc) is 3.14. The molecule has 0 spiro atoms. The van der Waals surface area contributed by atoms with Crippen LogP contribution in [0.4, 0.5) is 5.00 Å². The van der Waals surface area contributed by atoms with Crippen LogP contribution in [0.3, 0.4) is 0 Å². The van der Waals surface area contributed by atoms with Gasteiger partial charge in [0, 0.05) is 17.0 Å². The summed E-state index contributed by atoms with van der Waals surface area (Å²) in [5.41, 5.74) is -0.106. The Balaban J connectivity index is 1.89. The molecule has 0 bridgehead atoms. The summed E-state index contributed by atoms with van der Waals surface area (Å²) in [6.07, 6.45) is 0.520. The number of hydrogen-bond donors (Lipinski definition) is 3. The van der Waals surface area contributed by atoms with Crippen molar-refractivity contribution >= 4 is 40.1 Å². The molecule has 0 saturated heterocycles. The van der Waals surface area contributed by atoms with Crippen LogP contribution in [0.2, 0.25) is 0 Å². The summed E-state index contributed by atoms with van der Waals surface area (Å²) >= 11 is 1.18. The molecule has 1 aliphatic rings. The lowest BCUT2D eigenvalue weighted by molar-refractivity contribution is -0.161. The third-order valence-corrected chi connectivity index (χ3v) is 6.30. The highest BCUT2D eigenvalue weighted by Gasteiger charge is 2.34. The van der Waals surface area contributed by atoms with E-state index in [0.717, 1.165) is 10.4 Å². The minimum absolute atomic E-state index is 0.216. The van der Waals surface area contributed by atoms with Gasteiger partial charge in [-0.3, -0.25) is 9.59 Å². The van der Waals surface area contributed by atoms with Gasteiger partial charge in [0.15, 0.2) is 0 Å². The molecule has 2 amide bonds. The van der Waals surface area contributed by atoms with Gasteiger partial charge in [0.05, 0.1) is 11.6 Å². The van der Waals surface area contributed by atoms with Gasteiger partial charge in [0.1, 0.15) is 16.2 Å². The fraction of sp³-hybridized carbons (Fsp3) is 0.462. The molecule has 0 saturated carbocycles. The van der Waals surface area contributed by atoms with E-state index in [4.69, 9.17) is 9.47 Å². The molecule has 9 nitrogen and oxygen atoms in total. The third kappa shape index (κ3) is 7.14. The lowest BCUT2D eigenvalue weighted by Crippen LogP contribution is -2.38. The summed E-state index contributed by atoms with van der Waals surface area (Å²) in [5.74, 6) is -2.83. The first-order chi connectivity index (χ1) is 16.7. The van der Waals surface area contributed by atoms with E-state index in [1.165, 1.54) is 11.3 Å². The Morgan fingerprint density at radius 1 is 1.00 bits per heavy atom. The summed E-state index contributed by atoms with van der Waals surface area (Å²) in [6, 6.07) is 8.58. The third-order valence-electron chi connectivity index (χ3n) is 5.04. The highest BCUT2D eigenvalue weighted by Crippen LogP contribution is 2.40. The van der Waals surface area contributed by atoms with Crippen molar-refractivity contribution in [3.63, 3.8) is 0 Å². The van der Waals surface area contributed by atoms with Crippen LogP contribution in [0.5, 0.6) is 0 Å². The summed E-state index contributed by atoms with van der Waals surface area (Å²) in [5, 5.41) is 9.05. The van der Waals surface area contributed by atoms with Crippen LogP contribution < -0.4 is 16.0 Å². The molecule has 1 aromatic carbocycles. The molecule has 0 radical (unpaired) electrons. The number of ether oxygens (including phenoxy) is 2. The molecule has 10 heteroatoms. The molecule has 0 aliphatic carbocycles. The lowest BCUT2D eigenvalue weighted by atomic mass is 9.98. The van der Waals surface area contributed by atoms with Crippen molar-refractivity contribution in [3.05, 3.63) is 51.9 Å². The van der Waals surface area contributed by atoms with Gasteiger partial charge in [0.2, 0.25) is 0 Å². The van der Waals surface area contributed by atoms with E-state index in [2.05, 4.69) is 16.0 Å². The summed E-state index contributed by atoms with van der Waals surface area (Å²) < 4.78 is 10.8. The molecule has 1 aromatic heterocycles. The van der Waals surface area contributed by atoms with E-state index in [1.54, 1.807) is 65.8 Å². The zero-order valence-electron chi connectivity index (χ0n) is 21.4. The second-order valence-corrected chi connectivity index (χ2v) is 11.5. The van der Waals surface area contributed by atoms with Crippen molar-refractivity contribution in [2.75, 3.05) is 18.4 Å². The zero-order valence-corrected chi connectivity index (χ0v) is 22.3. The van der Waals surface area contributed by atoms with Crippen LogP contribution in [-0.4, -0.2) is 48.0 Å². The van der Waals surface area contributed by atoms with E-state index >= 15 is 0 Å². The van der Waals surface area contributed by atoms with E-state index in [9.17, 15) is 19.2 Å². The molecule has 0 fully saturated rings. The minimum atomic E-state index is -1.05. The van der Waals surface area contributed by atoms with Crippen molar-refractivity contribution in [1.29, 1.82) is 0 Å². The van der Waals surface area contributed by atoms with Crippen molar-refractivity contribution in [2.45, 2.75) is 65.2 Å². The number of benzene rings is 1. The molecular formula is C26H33N3O6S. The van der Waals surface area contributed by atoms with E-state index in [1.807, 2.05) is 6.07 Å². The minimum Gasteiger partial charge on any atom is -0.456 e. The fourth-order valence-corrected chi connectivity index (χ4v) is 4.95. The van der Waals surface area contributed by atoms with Crippen LogP contribution in [0.15, 0.2) is 30.3 Å². The SMILES string of the molecule is CC(C)(C)OC(=O)C(=O)Nc1sc2c(c1C(=O)OC(C)(C)C)CCNC2CNC(=O)c1ccccc1. The van der Waals surface area contributed by atoms with E-state index in [-0.39, 0.29) is 29.1 Å². The van der Waals surface area contributed by atoms with Gasteiger partial charge in [0.25, 0.3) is 5.91 Å². The number of carbonyl (C=O) groups is 4. The van der Waals surface area contributed by atoms with Gasteiger partial charge >= 0.3 is 17.8 Å². The molecule has 3 N–H and O–H groups in total. The molecule has 3 rings (SSSR count). The van der Waals surface area contributed by atoms with E-state index in [0.29, 0.717) is 18.5 Å². The first-order valence-corrected chi connectivity index (χ1v) is 12.6. The predicted molar refractivity (Wildman–Crippen MR) is 137 cm³/mol. The van der Waals surface area contributed by atoms with Crippen molar-refractivity contribution in [3.8, 4) is 0 Å². The maximum absolute atomic E-state index is 13.2. The van der Waals surface area contributed by atoms with Gasteiger partial charge in [-0.1, -0.05) is 18.2 Å². The standard InChI is InChI=1S/C26H33N3O6S/c1-25(2,3)34-23(32)18-16-12-13-27-17(14-28-20(30)15-10-8-7-9-11-15)19(16)36-22(18)29-21(31)24(33)35-26(4,5)6/h7-11,17,27H,12-14H2,1-6H3,(H,28,30)(H,29,31). The molecule has 2 heterocycles. The first kappa shape index (κ1) is 27.3. The van der Waals surface area contributed by atoms with E-state index < -0.39 is 29.0 Å². The largest absolute Gasteiger partial charge is 0.456 e. The van der Waals surface area contributed by atoms with Crippen LogP contribution >= 0.6 is 11.3 Å². The van der Waals surface area contributed by atoms with Gasteiger partial charge in [-0.15, -0.1) is 11.3 Å². The zero-order chi connectivity index (χ0) is 26.7. The molecule has 36 heavy (non-hydrogen) atoms. The number of anilines is 1. The number of carbonyl (C=O) groups excluding carboxylic acids is 4. The lowest BCUT2D eigenvalue weighted by Gasteiger charge is -2.25. The van der Waals surface area contributed by atoms with Gasteiger partial charge < -0.3 is 25.4 Å². The summed E-state index contributed by atoms with van der Waals surface area (Å²) in [7, 11) is 0. The molecule has 2 aromatic rings. The second kappa shape index (κ2) is 10.8. The Hall–Kier alpha value is -3.24. The monoisotopic (exact) mass is 515 g/mol. The number of thiophene rings is 1. The number of esters is 2. The molecule has 1 unspecified atom stereocenters. The summed E-state index contributed by atoms with van der Waals surface area (Å²) in [6.45, 7) is 11.1. The van der Waals surface area contributed by atoms with Crippen LogP contribution in [0.1, 0.15) is 78.7 Å². The van der Waals surface area contributed by atoms with Gasteiger partial charge in [-0.05, 0) is 72.2 Å². The number of nitrogens with one attached hydrogen (secondary N) is 3. The Kier molecular flexibility index (Phi) is 8.20. The Bertz CT molecular complexity index is 1140. The highest BCUT2D eigenvalue weighted by atomic mass is 32.1. The van der Waals surface area contributed by atoms with Crippen LogP contribution in [-0.2, 0) is 25.5 Å². The molecule has 194 valence electrons. The molecule has 1 aliphatic heterocycles. The maximum atomic E-state index is 13.2. The maximum Gasteiger partial charge on any atom is 0.397 e. The number of amides is 2. The fourth-order valence-electron chi connectivity index (χ4n) is 3.64. The number of fused-ring (bicyclic) bond motifs is 1.